The Morgan fingerprint density at radius 1 is 1.29 bits per heavy atom. The van der Waals surface area contributed by atoms with Gasteiger partial charge in [0.1, 0.15) is 5.82 Å². The first kappa shape index (κ1) is 12.1. The van der Waals surface area contributed by atoms with Crippen molar-refractivity contribution in [1.82, 2.24) is 9.97 Å². The van der Waals surface area contributed by atoms with Crippen molar-refractivity contribution in [1.29, 1.82) is 0 Å². The molecule has 88 valence electrons. The van der Waals surface area contributed by atoms with Crippen molar-refractivity contribution in [2.24, 2.45) is 0 Å². The van der Waals surface area contributed by atoms with Gasteiger partial charge in [-0.25, -0.2) is 4.98 Å². The average molecular weight is 314 g/mol. The van der Waals surface area contributed by atoms with Crippen LogP contribution in [0.25, 0.3) is 0 Å². The third-order valence-corrected chi connectivity index (χ3v) is 2.89. The van der Waals surface area contributed by atoms with Gasteiger partial charge in [-0.15, -0.1) is 0 Å². The van der Waals surface area contributed by atoms with Gasteiger partial charge in [-0.3, -0.25) is 0 Å². The molecule has 0 aliphatic rings. The minimum absolute atomic E-state index is 0.557. The summed E-state index contributed by atoms with van der Waals surface area (Å²) >= 11 is 9.47. The summed E-state index contributed by atoms with van der Waals surface area (Å²) in [5.41, 5.74) is 0.793. The summed E-state index contributed by atoms with van der Waals surface area (Å²) < 4.78 is 0.951. The van der Waals surface area contributed by atoms with E-state index in [1.165, 1.54) is 0 Å². The largest absolute Gasteiger partial charge is 0.357 e. The van der Waals surface area contributed by atoms with Crippen molar-refractivity contribution in [3.63, 3.8) is 0 Å². The Kier molecular flexibility index (Phi) is 3.81. The van der Waals surface area contributed by atoms with Crippen LogP contribution in [0.1, 0.15) is 0 Å². The third kappa shape index (κ3) is 3.08. The van der Waals surface area contributed by atoms with Gasteiger partial charge in [-0.1, -0.05) is 27.5 Å². The molecule has 0 atom stereocenters. The first-order valence-electron chi connectivity index (χ1n) is 4.92. The van der Waals surface area contributed by atoms with Crippen LogP contribution in [0.3, 0.4) is 0 Å². The lowest BCUT2D eigenvalue weighted by Gasteiger charge is -2.08. The summed E-state index contributed by atoms with van der Waals surface area (Å²) in [6.45, 7) is 0. The molecule has 0 bridgehead atoms. The molecular formula is C11H10BrClN4. The van der Waals surface area contributed by atoms with Gasteiger partial charge in [-0.05, 0) is 24.3 Å². The van der Waals surface area contributed by atoms with Crippen LogP contribution < -0.4 is 10.6 Å². The molecular weight excluding hydrogens is 304 g/mol. The summed E-state index contributed by atoms with van der Waals surface area (Å²) in [6.07, 6.45) is 1.67. The van der Waals surface area contributed by atoms with Crippen LogP contribution in [-0.4, -0.2) is 17.0 Å². The second kappa shape index (κ2) is 5.33. The number of benzene rings is 1. The van der Waals surface area contributed by atoms with E-state index in [-0.39, 0.29) is 0 Å². The Labute approximate surface area is 113 Å². The van der Waals surface area contributed by atoms with Gasteiger partial charge in [-0.2, -0.15) is 4.98 Å². The van der Waals surface area contributed by atoms with Crippen LogP contribution in [0.2, 0.25) is 5.02 Å². The molecule has 0 unspecified atom stereocenters. The quantitative estimate of drug-likeness (QED) is 0.907. The zero-order valence-electron chi connectivity index (χ0n) is 9.04. The number of hydrogen-bond donors (Lipinski definition) is 2. The molecule has 0 aliphatic heterocycles. The number of anilines is 3. The minimum Gasteiger partial charge on any atom is -0.357 e. The fraction of sp³-hybridized carbons (Fsp3) is 0.0909. The van der Waals surface area contributed by atoms with Crippen molar-refractivity contribution >= 4 is 45.0 Å². The lowest BCUT2D eigenvalue weighted by atomic mass is 10.3. The predicted molar refractivity (Wildman–Crippen MR) is 74.0 cm³/mol. The molecule has 1 heterocycles. The van der Waals surface area contributed by atoms with Crippen LogP contribution in [-0.2, 0) is 0 Å². The molecule has 6 heteroatoms. The van der Waals surface area contributed by atoms with Crippen LogP contribution in [0.4, 0.5) is 17.5 Å². The van der Waals surface area contributed by atoms with E-state index in [1.807, 2.05) is 18.2 Å². The summed E-state index contributed by atoms with van der Waals surface area (Å²) in [4.78, 5) is 8.29. The molecule has 1 aromatic carbocycles. The first-order valence-corrected chi connectivity index (χ1v) is 6.09. The highest BCUT2D eigenvalue weighted by molar-refractivity contribution is 9.10. The van der Waals surface area contributed by atoms with E-state index in [2.05, 4.69) is 36.5 Å². The van der Waals surface area contributed by atoms with Crippen LogP contribution >= 0.6 is 27.5 Å². The van der Waals surface area contributed by atoms with E-state index >= 15 is 0 Å². The van der Waals surface area contributed by atoms with Gasteiger partial charge in [0.25, 0.3) is 0 Å². The molecule has 0 spiro atoms. The van der Waals surface area contributed by atoms with Gasteiger partial charge < -0.3 is 10.6 Å². The average Bonchev–Trinajstić information content (AvgIpc) is 2.34. The normalized spacial score (nSPS) is 10.1. The number of hydrogen-bond acceptors (Lipinski definition) is 4. The molecule has 0 fully saturated rings. The van der Waals surface area contributed by atoms with Gasteiger partial charge in [0.2, 0.25) is 5.95 Å². The van der Waals surface area contributed by atoms with E-state index in [1.54, 1.807) is 19.3 Å². The highest BCUT2D eigenvalue weighted by atomic mass is 79.9. The number of halogens is 2. The van der Waals surface area contributed by atoms with Crippen LogP contribution in [0.15, 0.2) is 34.9 Å². The molecule has 0 saturated carbocycles. The van der Waals surface area contributed by atoms with Gasteiger partial charge in [0, 0.05) is 17.7 Å². The maximum Gasteiger partial charge on any atom is 0.224 e. The van der Waals surface area contributed by atoms with Crippen molar-refractivity contribution in [2.45, 2.75) is 0 Å². The lowest BCUT2D eigenvalue weighted by Crippen LogP contribution is -2.00. The van der Waals surface area contributed by atoms with Gasteiger partial charge in [0.15, 0.2) is 0 Å². The van der Waals surface area contributed by atoms with Gasteiger partial charge in [0.05, 0.1) is 10.7 Å². The summed E-state index contributed by atoms with van der Waals surface area (Å²) in [6, 6.07) is 7.36. The first-order chi connectivity index (χ1) is 8.19. The van der Waals surface area contributed by atoms with Crippen molar-refractivity contribution < 1.29 is 0 Å². The highest BCUT2D eigenvalue weighted by Gasteiger charge is 2.03. The summed E-state index contributed by atoms with van der Waals surface area (Å²) in [5.74, 6) is 1.24. The Bertz CT molecular complexity index is 533. The molecule has 0 saturated heterocycles. The van der Waals surface area contributed by atoms with E-state index in [4.69, 9.17) is 11.6 Å². The molecule has 1 aromatic heterocycles. The summed E-state index contributed by atoms with van der Waals surface area (Å²) in [5, 5.41) is 6.65. The fourth-order valence-corrected chi connectivity index (χ4v) is 1.81. The molecule has 2 N–H and O–H groups in total. The smallest absolute Gasteiger partial charge is 0.224 e. The molecule has 2 aromatic rings. The van der Waals surface area contributed by atoms with E-state index < -0.39 is 0 Å². The highest BCUT2D eigenvalue weighted by Crippen LogP contribution is 2.28. The minimum atomic E-state index is 0.557. The van der Waals surface area contributed by atoms with Crippen molar-refractivity contribution in [2.75, 3.05) is 17.7 Å². The summed E-state index contributed by atoms with van der Waals surface area (Å²) in [7, 11) is 1.77. The Balaban J connectivity index is 2.27. The molecule has 4 nitrogen and oxygen atoms in total. The zero-order valence-corrected chi connectivity index (χ0v) is 11.4. The van der Waals surface area contributed by atoms with Crippen LogP contribution in [0, 0.1) is 0 Å². The van der Waals surface area contributed by atoms with Crippen molar-refractivity contribution in [3.05, 3.63) is 40.0 Å². The second-order valence-electron chi connectivity index (χ2n) is 3.26. The lowest BCUT2D eigenvalue weighted by molar-refractivity contribution is 1.15. The standard InChI is InChI=1S/C11H10BrClN4/c1-14-11-15-5-4-10(17-11)16-9-6-7(12)2-3-8(9)13/h2-6H,1H3,(H2,14,15,16,17). The number of nitrogens with zero attached hydrogens (tertiary/aromatic N) is 2. The number of nitrogens with one attached hydrogen (secondary N) is 2. The molecule has 17 heavy (non-hydrogen) atoms. The molecule has 2 rings (SSSR count). The zero-order chi connectivity index (χ0) is 12.3. The maximum atomic E-state index is 6.08. The van der Waals surface area contributed by atoms with E-state index in [0.29, 0.717) is 16.8 Å². The molecule has 0 amide bonds. The monoisotopic (exact) mass is 312 g/mol. The molecule has 0 aliphatic carbocycles. The van der Waals surface area contributed by atoms with E-state index in [9.17, 15) is 0 Å². The number of aromatic nitrogens is 2. The topological polar surface area (TPSA) is 49.8 Å². The number of rotatable bonds is 3. The second-order valence-corrected chi connectivity index (χ2v) is 4.59. The van der Waals surface area contributed by atoms with Crippen molar-refractivity contribution in [3.8, 4) is 0 Å². The maximum absolute atomic E-state index is 6.08. The SMILES string of the molecule is CNc1nccc(Nc2cc(Br)ccc2Cl)n1. The van der Waals surface area contributed by atoms with Gasteiger partial charge >= 0.3 is 0 Å². The Hall–Kier alpha value is -1.33. The predicted octanol–water partition coefficient (Wildman–Crippen LogP) is 3.68. The fourth-order valence-electron chi connectivity index (χ4n) is 1.28. The Morgan fingerprint density at radius 3 is 2.88 bits per heavy atom. The molecule has 0 radical (unpaired) electrons. The van der Waals surface area contributed by atoms with Crippen LogP contribution in [0.5, 0.6) is 0 Å². The van der Waals surface area contributed by atoms with E-state index in [0.717, 1.165) is 10.2 Å². The Morgan fingerprint density at radius 2 is 2.12 bits per heavy atom. The third-order valence-electron chi connectivity index (χ3n) is 2.07.